The second-order valence-corrected chi connectivity index (χ2v) is 5.24. The van der Waals surface area contributed by atoms with E-state index in [-0.39, 0.29) is 0 Å². The minimum atomic E-state index is 0.490. The molecule has 1 N–H and O–H groups in total. The second kappa shape index (κ2) is 4.62. The lowest BCUT2D eigenvalue weighted by Gasteiger charge is -2.11. The molecule has 4 heteroatoms. The number of thiophene rings is 1. The zero-order valence-corrected chi connectivity index (χ0v) is 9.75. The van der Waals surface area contributed by atoms with Crippen LogP contribution in [0.1, 0.15) is 22.9 Å². The van der Waals surface area contributed by atoms with Gasteiger partial charge in [0, 0.05) is 24.6 Å². The number of ether oxygens (including phenoxy) is 1. The topological polar surface area (TPSA) is 21.3 Å². The fourth-order valence-corrected chi connectivity index (χ4v) is 3.23. The SMILES string of the molecule is COCCNC1CCc2sc(Cl)cc21. The van der Waals surface area contributed by atoms with Crippen molar-refractivity contribution in [3.8, 4) is 0 Å². The molecular formula is C10H14ClNOS. The van der Waals surface area contributed by atoms with Gasteiger partial charge in [-0.25, -0.2) is 0 Å². The first-order valence-corrected chi connectivity index (χ1v) is 6.01. The van der Waals surface area contributed by atoms with E-state index in [1.165, 1.54) is 16.9 Å². The zero-order chi connectivity index (χ0) is 9.97. The molecule has 0 amide bonds. The van der Waals surface area contributed by atoms with Gasteiger partial charge in [0.25, 0.3) is 0 Å². The van der Waals surface area contributed by atoms with Gasteiger partial charge < -0.3 is 10.1 Å². The molecule has 0 aromatic carbocycles. The molecular weight excluding hydrogens is 218 g/mol. The lowest BCUT2D eigenvalue weighted by molar-refractivity contribution is 0.195. The Kier molecular flexibility index (Phi) is 3.44. The molecule has 78 valence electrons. The van der Waals surface area contributed by atoms with Gasteiger partial charge >= 0.3 is 0 Å². The van der Waals surface area contributed by atoms with E-state index in [1.54, 1.807) is 18.4 Å². The van der Waals surface area contributed by atoms with Crippen LogP contribution in [0.4, 0.5) is 0 Å². The Morgan fingerprint density at radius 2 is 2.57 bits per heavy atom. The molecule has 2 nitrogen and oxygen atoms in total. The summed E-state index contributed by atoms with van der Waals surface area (Å²) in [5, 5.41) is 3.48. The fourth-order valence-electron chi connectivity index (χ4n) is 1.88. The largest absolute Gasteiger partial charge is 0.383 e. The van der Waals surface area contributed by atoms with E-state index in [1.807, 2.05) is 0 Å². The first-order chi connectivity index (χ1) is 6.81. The van der Waals surface area contributed by atoms with Crippen LogP contribution in [0, 0.1) is 0 Å². The normalized spacial score (nSPS) is 20.0. The molecule has 0 fully saturated rings. The van der Waals surface area contributed by atoms with E-state index in [2.05, 4.69) is 11.4 Å². The molecule has 1 atom stereocenters. The maximum absolute atomic E-state index is 5.97. The number of aryl methyl sites for hydroxylation is 1. The van der Waals surface area contributed by atoms with Crippen LogP contribution in [0.2, 0.25) is 4.34 Å². The lowest BCUT2D eigenvalue weighted by atomic mass is 10.2. The van der Waals surface area contributed by atoms with Crippen molar-refractivity contribution in [1.29, 1.82) is 0 Å². The van der Waals surface area contributed by atoms with Crippen LogP contribution in [0.15, 0.2) is 6.07 Å². The summed E-state index contributed by atoms with van der Waals surface area (Å²) in [4.78, 5) is 1.45. The Balaban J connectivity index is 1.95. The standard InChI is InChI=1S/C10H14ClNOS/c1-13-5-4-12-8-2-3-9-7(8)6-10(11)14-9/h6,8,12H,2-5H2,1H3. The highest BCUT2D eigenvalue weighted by molar-refractivity contribution is 7.16. The van der Waals surface area contributed by atoms with Crippen molar-refractivity contribution in [2.24, 2.45) is 0 Å². The first-order valence-electron chi connectivity index (χ1n) is 4.81. The number of halogens is 1. The molecule has 0 bridgehead atoms. The van der Waals surface area contributed by atoms with E-state index in [9.17, 15) is 0 Å². The Bertz CT molecular complexity index is 313. The predicted molar refractivity (Wildman–Crippen MR) is 60.3 cm³/mol. The van der Waals surface area contributed by atoms with Crippen LogP contribution < -0.4 is 5.32 Å². The van der Waals surface area contributed by atoms with Crippen molar-refractivity contribution in [3.63, 3.8) is 0 Å². The lowest BCUT2D eigenvalue weighted by Crippen LogP contribution is -2.23. The van der Waals surface area contributed by atoms with Crippen molar-refractivity contribution in [1.82, 2.24) is 5.32 Å². The molecule has 1 aliphatic carbocycles. The minimum Gasteiger partial charge on any atom is -0.383 e. The number of rotatable bonds is 4. The second-order valence-electron chi connectivity index (χ2n) is 3.47. The minimum absolute atomic E-state index is 0.490. The highest BCUT2D eigenvalue weighted by Crippen LogP contribution is 2.39. The molecule has 1 aromatic heterocycles. The molecule has 0 saturated heterocycles. The molecule has 2 rings (SSSR count). The van der Waals surface area contributed by atoms with Crippen molar-refractivity contribution in [2.45, 2.75) is 18.9 Å². The Labute approximate surface area is 93.2 Å². The number of hydrogen-bond acceptors (Lipinski definition) is 3. The average Bonchev–Trinajstić information content (AvgIpc) is 2.66. The van der Waals surface area contributed by atoms with Crippen molar-refractivity contribution in [3.05, 3.63) is 20.8 Å². The quantitative estimate of drug-likeness (QED) is 0.805. The maximum atomic E-state index is 5.97. The number of hydrogen-bond donors (Lipinski definition) is 1. The third kappa shape index (κ3) is 2.11. The van der Waals surface area contributed by atoms with Crippen LogP contribution in [-0.4, -0.2) is 20.3 Å². The molecule has 1 aromatic rings. The van der Waals surface area contributed by atoms with Crippen molar-refractivity contribution < 1.29 is 4.74 Å². The predicted octanol–water partition coefficient (Wildman–Crippen LogP) is 2.62. The monoisotopic (exact) mass is 231 g/mol. The van der Waals surface area contributed by atoms with Crippen molar-refractivity contribution >= 4 is 22.9 Å². The summed E-state index contributed by atoms with van der Waals surface area (Å²) in [5.41, 5.74) is 1.40. The van der Waals surface area contributed by atoms with Crippen LogP contribution in [0.3, 0.4) is 0 Å². The number of methoxy groups -OCH3 is 1. The summed E-state index contributed by atoms with van der Waals surface area (Å²) in [6.07, 6.45) is 2.36. The third-order valence-corrected chi connectivity index (χ3v) is 3.88. The van der Waals surface area contributed by atoms with Gasteiger partial charge in [-0.2, -0.15) is 0 Å². The molecule has 0 radical (unpaired) electrons. The van der Waals surface area contributed by atoms with Gasteiger partial charge in [-0.05, 0) is 24.5 Å². The number of fused-ring (bicyclic) bond motifs is 1. The Morgan fingerprint density at radius 3 is 3.36 bits per heavy atom. The van der Waals surface area contributed by atoms with Gasteiger partial charge in [-0.1, -0.05) is 11.6 Å². The molecule has 14 heavy (non-hydrogen) atoms. The van der Waals surface area contributed by atoms with E-state index >= 15 is 0 Å². The van der Waals surface area contributed by atoms with E-state index in [4.69, 9.17) is 16.3 Å². The van der Waals surface area contributed by atoms with Crippen LogP contribution in [0.5, 0.6) is 0 Å². The molecule has 0 aliphatic heterocycles. The van der Waals surface area contributed by atoms with E-state index < -0.39 is 0 Å². The van der Waals surface area contributed by atoms with Crippen LogP contribution >= 0.6 is 22.9 Å². The zero-order valence-electron chi connectivity index (χ0n) is 8.18. The average molecular weight is 232 g/mol. The van der Waals surface area contributed by atoms with E-state index in [0.717, 1.165) is 23.9 Å². The summed E-state index contributed by atoms with van der Waals surface area (Å²) in [5.74, 6) is 0. The van der Waals surface area contributed by atoms with Gasteiger partial charge in [-0.3, -0.25) is 0 Å². The third-order valence-electron chi connectivity index (χ3n) is 2.54. The molecule has 0 saturated carbocycles. The number of nitrogens with one attached hydrogen (secondary N) is 1. The summed E-state index contributed by atoms with van der Waals surface area (Å²) in [6, 6.07) is 2.59. The highest BCUT2D eigenvalue weighted by Gasteiger charge is 2.24. The smallest absolute Gasteiger partial charge is 0.0934 e. The maximum Gasteiger partial charge on any atom is 0.0934 e. The summed E-state index contributed by atoms with van der Waals surface area (Å²) < 4.78 is 5.92. The van der Waals surface area contributed by atoms with Crippen LogP contribution in [0.25, 0.3) is 0 Å². The van der Waals surface area contributed by atoms with Gasteiger partial charge in [0.15, 0.2) is 0 Å². The van der Waals surface area contributed by atoms with E-state index in [0.29, 0.717) is 6.04 Å². The summed E-state index contributed by atoms with van der Waals surface area (Å²) in [7, 11) is 1.73. The molecule has 1 unspecified atom stereocenters. The molecule has 0 spiro atoms. The Hall–Kier alpha value is -0.0900. The Morgan fingerprint density at radius 1 is 1.71 bits per heavy atom. The highest BCUT2D eigenvalue weighted by atomic mass is 35.5. The summed E-state index contributed by atoms with van der Waals surface area (Å²) >= 11 is 7.69. The van der Waals surface area contributed by atoms with Crippen molar-refractivity contribution in [2.75, 3.05) is 20.3 Å². The molecule has 1 heterocycles. The van der Waals surface area contributed by atoms with Gasteiger partial charge in [0.1, 0.15) is 0 Å². The first kappa shape index (κ1) is 10.4. The van der Waals surface area contributed by atoms with Crippen LogP contribution in [-0.2, 0) is 11.2 Å². The van der Waals surface area contributed by atoms with Gasteiger partial charge in [0.05, 0.1) is 10.9 Å². The van der Waals surface area contributed by atoms with Gasteiger partial charge in [-0.15, -0.1) is 11.3 Å². The molecule has 1 aliphatic rings. The van der Waals surface area contributed by atoms with Gasteiger partial charge in [0.2, 0.25) is 0 Å². The fraction of sp³-hybridized carbons (Fsp3) is 0.600. The summed E-state index contributed by atoms with van der Waals surface area (Å²) in [6.45, 7) is 1.68.